The molecule has 1 N–H and O–H groups in total. The molecule has 2 aliphatic carbocycles. The Labute approximate surface area is 160 Å². The van der Waals surface area contributed by atoms with Gasteiger partial charge in [0, 0.05) is 29.3 Å². The highest BCUT2D eigenvalue weighted by Gasteiger charge is 2.39. The number of ether oxygens (including phenoxy) is 1. The van der Waals surface area contributed by atoms with E-state index >= 15 is 0 Å². The summed E-state index contributed by atoms with van der Waals surface area (Å²) in [5, 5.41) is 3.36. The second kappa shape index (κ2) is 7.34. The van der Waals surface area contributed by atoms with Gasteiger partial charge in [-0.3, -0.25) is 4.79 Å². The van der Waals surface area contributed by atoms with E-state index in [-0.39, 0.29) is 23.8 Å². The van der Waals surface area contributed by atoms with Crippen LogP contribution in [0.4, 0.5) is 0 Å². The van der Waals surface area contributed by atoms with Crippen LogP contribution in [0.2, 0.25) is 0 Å². The minimum absolute atomic E-state index is 0.00777. The number of hydrogen-bond donors (Lipinski definition) is 1. The van der Waals surface area contributed by atoms with Crippen LogP contribution in [0.3, 0.4) is 0 Å². The van der Waals surface area contributed by atoms with Crippen LogP contribution in [-0.2, 0) is 14.3 Å². The van der Waals surface area contributed by atoms with E-state index < -0.39 is 0 Å². The Bertz CT molecular complexity index is 843. The first-order chi connectivity index (χ1) is 13.0. The standard InChI is InChI=1S/C23H27NO3/c1-14-7-5-8-16(13-14)21-20(23(26)27-17-9-3-4-10-17)15(2)24-18-11-6-12-19(25)22(18)21/h5,7-8,13,17,21,24H,3-4,6,9-12H2,1-2H3. The van der Waals surface area contributed by atoms with Gasteiger partial charge in [-0.2, -0.15) is 0 Å². The lowest BCUT2D eigenvalue weighted by molar-refractivity contribution is -0.144. The Balaban J connectivity index is 1.77. The first kappa shape index (κ1) is 18.0. The summed E-state index contributed by atoms with van der Waals surface area (Å²) in [5.74, 6) is -0.458. The zero-order valence-electron chi connectivity index (χ0n) is 16.1. The average molecular weight is 365 g/mol. The van der Waals surface area contributed by atoms with Gasteiger partial charge in [0.05, 0.1) is 5.57 Å². The second-order valence-electron chi connectivity index (χ2n) is 7.99. The molecule has 1 heterocycles. The molecule has 0 amide bonds. The molecule has 0 aromatic heterocycles. The van der Waals surface area contributed by atoms with E-state index in [2.05, 4.69) is 11.4 Å². The van der Waals surface area contributed by atoms with Crippen LogP contribution >= 0.6 is 0 Å². The summed E-state index contributed by atoms with van der Waals surface area (Å²) in [7, 11) is 0. The highest BCUT2D eigenvalue weighted by Crippen LogP contribution is 2.43. The molecule has 0 bridgehead atoms. The third kappa shape index (κ3) is 3.45. The van der Waals surface area contributed by atoms with Gasteiger partial charge in [-0.1, -0.05) is 29.8 Å². The fraction of sp³-hybridized carbons (Fsp3) is 0.478. The lowest BCUT2D eigenvalue weighted by Crippen LogP contribution is -2.35. The van der Waals surface area contributed by atoms with Crippen LogP contribution in [0.25, 0.3) is 0 Å². The molecule has 1 unspecified atom stereocenters. The van der Waals surface area contributed by atoms with Gasteiger partial charge in [0.25, 0.3) is 0 Å². The smallest absolute Gasteiger partial charge is 0.337 e. The number of hydrogen-bond acceptors (Lipinski definition) is 4. The van der Waals surface area contributed by atoms with E-state index in [0.29, 0.717) is 12.0 Å². The summed E-state index contributed by atoms with van der Waals surface area (Å²) < 4.78 is 5.85. The molecule has 0 spiro atoms. The van der Waals surface area contributed by atoms with Crippen LogP contribution in [-0.4, -0.2) is 17.9 Å². The van der Waals surface area contributed by atoms with E-state index in [4.69, 9.17) is 4.74 Å². The summed E-state index contributed by atoms with van der Waals surface area (Å²) in [6.45, 7) is 3.96. The van der Waals surface area contributed by atoms with Gasteiger partial charge >= 0.3 is 5.97 Å². The molecule has 1 aliphatic heterocycles. The van der Waals surface area contributed by atoms with Crippen LogP contribution in [0, 0.1) is 6.92 Å². The molecule has 4 heteroatoms. The number of carbonyl (C=O) groups excluding carboxylic acids is 2. The number of esters is 1. The van der Waals surface area contributed by atoms with Crippen molar-refractivity contribution in [2.45, 2.75) is 70.8 Å². The summed E-state index contributed by atoms with van der Waals surface area (Å²) in [5.41, 5.74) is 5.28. The van der Waals surface area contributed by atoms with Gasteiger partial charge < -0.3 is 10.1 Å². The number of Topliss-reactive ketones (excluding diaryl/α,β-unsaturated/α-hetero) is 1. The Morgan fingerprint density at radius 1 is 1.11 bits per heavy atom. The predicted octanol–water partition coefficient (Wildman–Crippen LogP) is 4.45. The van der Waals surface area contributed by atoms with Crippen molar-refractivity contribution >= 4 is 11.8 Å². The van der Waals surface area contributed by atoms with Gasteiger partial charge in [0.1, 0.15) is 6.10 Å². The quantitative estimate of drug-likeness (QED) is 0.804. The van der Waals surface area contributed by atoms with E-state index in [1.807, 2.05) is 32.0 Å². The van der Waals surface area contributed by atoms with Gasteiger partial charge in [0.15, 0.2) is 5.78 Å². The summed E-state index contributed by atoms with van der Waals surface area (Å²) in [6, 6.07) is 8.13. The van der Waals surface area contributed by atoms with Crippen LogP contribution < -0.4 is 5.32 Å². The summed E-state index contributed by atoms with van der Waals surface area (Å²) in [6.07, 6.45) is 6.38. The molecule has 142 valence electrons. The fourth-order valence-corrected chi connectivity index (χ4v) is 4.66. The van der Waals surface area contributed by atoms with Crippen molar-refractivity contribution in [1.29, 1.82) is 0 Å². The number of aryl methyl sites for hydroxylation is 1. The molecule has 0 radical (unpaired) electrons. The number of allylic oxidation sites excluding steroid dienone is 3. The van der Waals surface area contributed by atoms with Crippen LogP contribution in [0.15, 0.2) is 46.8 Å². The number of carbonyl (C=O) groups is 2. The molecule has 1 aromatic carbocycles. The van der Waals surface area contributed by atoms with E-state index in [0.717, 1.165) is 66.6 Å². The Morgan fingerprint density at radius 2 is 1.89 bits per heavy atom. The number of nitrogens with one attached hydrogen (secondary N) is 1. The maximum atomic E-state index is 13.2. The minimum Gasteiger partial charge on any atom is -0.459 e. The zero-order chi connectivity index (χ0) is 19.0. The fourth-order valence-electron chi connectivity index (χ4n) is 4.66. The topological polar surface area (TPSA) is 55.4 Å². The summed E-state index contributed by atoms with van der Waals surface area (Å²) in [4.78, 5) is 26.0. The largest absolute Gasteiger partial charge is 0.459 e. The number of dihydropyridines is 1. The number of benzene rings is 1. The normalized spacial score (nSPS) is 23.3. The molecular formula is C23H27NO3. The third-order valence-electron chi connectivity index (χ3n) is 5.95. The van der Waals surface area contributed by atoms with Crippen molar-refractivity contribution in [2.24, 2.45) is 0 Å². The van der Waals surface area contributed by atoms with Gasteiger partial charge in [-0.15, -0.1) is 0 Å². The lowest BCUT2D eigenvalue weighted by atomic mass is 9.75. The van der Waals surface area contributed by atoms with Crippen molar-refractivity contribution < 1.29 is 14.3 Å². The van der Waals surface area contributed by atoms with Crippen molar-refractivity contribution in [3.05, 3.63) is 57.9 Å². The van der Waals surface area contributed by atoms with Crippen molar-refractivity contribution in [1.82, 2.24) is 5.32 Å². The zero-order valence-corrected chi connectivity index (χ0v) is 16.1. The molecular weight excluding hydrogens is 338 g/mol. The minimum atomic E-state index is -0.331. The molecule has 1 aromatic rings. The first-order valence-electron chi connectivity index (χ1n) is 10.1. The predicted molar refractivity (Wildman–Crippen MR) is 104 cm³/mol. The van der Waals surface area contributed by atoms with Gasteiger partial charge in [-0.05, 0) is 57.9 Å². The summed E-state index contributed by atoms with van der Waals surface area (Å²) >= 11 is 0. The third-order valence-corrected chi connectivity index (χ3v) is 5.95. The molecule has 0 saturated heterocycles. The van der Waals surface area contributed by atoms with Crippen molar-refractivity contribution in [2.75, 3.05) is 0 Å². The number of ketones is 1. The maximum Gasteiger partial charge on any atom is 0.337 e. The second-order valence-corrected chi connectivity index (χ2v) is 7.99. The van der Waals surface area contributed by atoms with E-state index in [1.54, 1.807) is 0 Å². The Morgan fingerprint density at radius 3 is 2.63 bits per heavy atom. The molecule has 1 fully saturated rings. The average Bonchev–Trinajstić information content (AvgIpc) is 3.13. The van der Waals surface area contributed by atoms with Gasteiger partial charge in [0.2, 0.25) is 0 Å². The highest BCUT2D eigenvalue weighted by molar-refractivity contribution is 6.03. The SMILES string of the molecule is CC1=C(C(=O)OC2CCCC2)C(c2cccc(C)c2)C2=C(CCCC2=O)N1. The van der Waals surface area contributed by atoms with Crippen molar-refractivity contribution in [3.63, 3.8) is 0 Å². The Kier molecular flexibility index (Phi) is 4.90. The monoisotopic (exact) mass is 365 g/mol. The van der Waals surface area contributed by atoms with E-state index in [1.165, 1.54) is 0 Å². The molecule has 1 atom stereocenters. The molecule has 1 saturated carbocycles. The van der Waals surface area contributed by atoms with Crippen LogP contribution in [0.5, 0.6) is 0 Å². The molecule has 27 heavy (non-hydrogen) atoms. The first-order valence-corrected chi connectivity index (χ1v) is 10.1. The molecule has 4 nitrogen and oxygen atoms in total. The van der Waals surface area contributed by atoms with Crippen LogP contribution in [0.1, 0.15) is 68.9 Å². The number of rotatable bonds is 3. The maximum absolute atomic E-state index is 13.2. The molecule has 4 rings (SSSR count). The van der Waals surface area contributed by atoms with Gasteiger partial charge in [-0.25, -0.2) is 4.79 Å². The Hall–Kier alpha value is -2.36. The molecule has 3 aliphatic rings. The lowest BCUT2D eigenvalue weighted by Gasteiger charge is -2.34. The van der Waals surface area contributed by atoms with E-state index in [9.17, 15) is 9.59 Å². The highest BCUT2D eigenvalue weighted by atomic mass is 16.5. The van der Waals surface area contributed by atoms with Crippen molar-refractivity contribution in [3.8, 4) is 0 Å².